The number of likely N-dealkylation sites (tertiary alicyclic amines) is 1. The van der Waals surface area contributed by atoms with Gasteiger partial charge in [0, 0.05) is 12.8 Å². The van der Waals surface area contributed by atoms with Crippen LogP contribution >= 0.6 is 0 Å². The molecule has 0 aromatic heterocycles. The molecule has 1 heterocycles. The average Bonchev–Trinajstić information content (AvgIpc) is 2.34. The number of carbonyl (C=O) groups is 2. The number of carbonyl (C=O) groups excluding carboxylic acids is 2. The molecule has 0 saturated carbocycles. The SMILES string of the molecule is Cc1ccccc1C(O)CN1C(=O)CC(C)CC1=O. The second-order valence-corrected chi connectivity index (χ2v) is 5.28. The molecule has 2 amide bonds. The highest BCUT2D eigenvalue weighted by Crippen LogP contribution is 2.23. The number of hydrogen-bond donors (Lipinski definition) is 1. The fraction of sp³-hybridized carbons (Fsp3) is 0.467. The predicted octanol–water partition coefficient (Wildman–Crippen LogP) is 1.81. The van der Waals surface area contributed by atoms with Crippen LogP contribution in [-0.2, 0) is 9.59 Å². The molecule has 0 aliphatic carbocycles. The Bertz CT molecular complexity index is 480. The highest BCUT2D eigenvalue weighted by molar-refractivity contribution is 5.97. The molecule has 1 aromatic rings. The molecule has 2 rings (SSSR count). The van der Waals surface area contributed by atoms with Crippen LogP contribution in [0.15, 0.2) is 24.3 Å². The van der Waals surface area contributed by atoms with E-state index in [1.54, 1.807) is 0 Å². The normalized spacial score (nSPS) is 18.8. The van der Waals surface area contributed by atoms with Crippen LogP contribution in [-0.4, -0.2) is 28.4 Å². The van der Waals surface area contributed by atoms with Crippen LogP contribution in [0.25, 0.3) is 0 Å². The number of piperidine rings is 1. The number of hydrogen-bond acceptors (Lipinski definition) is 3. The van der Waals surface area contributed by atoms with E-state index in [-0.39, 0.29) is 24.3 Å². The van der Waals surface area contributed by atoms with Gasteiger partial charge in [-0.25, -0.2) is 0 Å². The van der Waals surface area contributed by atoms with Crippen LogP contribution in [0.3, 0.4) is 0 Å². The van der Waals surface area contributed by atoms with Crippen LogP contribution in [0.4, 0.5) is 0 Å². The molecule has 1 saturated heterocycles. The highest BCUT2D eigenvalue weighted by Gasteiger charge is 2.31. The van der Waals surface area contributed by atoms with Gasteiger partial charge in [-0.1, -0.05) is 31.2 Å². The number of β-amino-alcohol motifs (C(OH)–C–C–N with tert-alkyl or cyclic N) is 1. The first-order chi connectivity index (χ1) is 8.99. The van der Waals surface area contributed by atoms with Crippen molar-refractivity contribution in [3.05, 3.63) is 35.4 Å². The first kappa shape index (κ1) is 13.7. The minimum atomic E-state index is -0.817. The van der Waals surface area contributed by atoms with Crippen molar-refractivity contribution in [2.45, 2.75) is 32.8 Å². The van der Waals surface area contributed by atoms with E-state index in [4.69, 9.17) is 0 Å². The summed E-state index contributed by atoms with van der Waals surface area (Å²) < 4.78 is 0. The lowest BCUT2D eigenvalue weighted by atomic mass is 9.96. The maximum absolute atomic E-state index is 11.9. The van der Waals surface area contributed by atoms with Crippen molar-refractivity contribution in [3.63, 3.8) is 0 Å². The smallest absolute Gasteiger partial charge is 0.229 e. The lowest BCUT2D eigenvalue weighted by Gasteiger charge is -2.30. The molecule has 4 heteroatoms. The number of aliphatic hydroxyl groups is 1. The predicted molar refractivity (Wildman–Crippen MR) is 71.3 cm³/mol. The standard InChI is InChI=1S/C15H19NO3/c1-10-7-14(18)16(15(19)8-10)9-13(17)12-6-4-3-5-11(12)2/h3-6,10,13,17H,7-9H2,1-2H3. The molecule has 1 fully saturated rings. The molecule has 1 aliphatic rings. The van der Waals surface area contributed by atoms with Crippen LogP contribution in [0.2, 0.25) is 0 Å². The number of aryl methyl sites for hydroxylation is 1. The summed E-state index contributed by atoms with van der Waals surface area (Å²) in [6.07, 6.45) is -0.0548. The molecule has 1 aromatic carbocycles. The van der Waals surface area contributed by atoms with Gasteiger partial charge in [0.1, 0.15) is 0 Å². The number of rotatable bonds is 3. The molecule has 1 atom stereocenters. The Hall–Kier alpha value is -1.68. The monoisotopic (exact) mass is 261 g/mol. The number of nitrogens with zero attached hydrogens (tertiary/aromatic N) is 1. The summed E-state index contributed by atoms with van der Waals surface area (Å²) in [4.78, 5) is 24.9. The van der Waals surface area contributed by atoms with Crippen molar-refractivity contribution in [3.8, 4) is 0 Å². The topological polar surface area (TPSA) is 57.6 Å². The van der Waals surface area contributed by atoms with E-state index < -0.39 is 6.10 Å². The van der Waals surface area contributed by atoms with Gasteiger partial charge in [-0.05, 0) is 24.0 Å². The Morgan fingerprint density at radius 2 is 1.84 bits per heavy atom. The molecule has 1 aliphatic heterocycles. The quantitative estimate of drug-likeness (QED) is 0.844. The molecule has 0 bridgehead atoms. The summed E-state index contributed by atoms with van der Waals surface area (Å²) in [6.45, 7) is 3.85. The molecule has 1 N–H and O–H groups in total. The Labute approximate surface area is 113 Å². The fourth-order valence-corrected chi connectivity index (χ4v) is 2.46. The van der Waals surface area contributed by atoms with E-state index in [0.29, 0.717) is 12.8 Å². The fourth-order valence-electron chi connectivity index (χ4n) is 2.46. The van der Waals surface area contributed by atoms with Gasteiger partial charge in [0.2, 0.25) is 11.8 Å². The third-order valence-electron chi connectivity index (χ3n) is 3.55. The third kappa shape index (κ3) is 3.01. The average molecular weight is 261 g/mol. The number of imide groups is 1. The van der Waals surface area contributed by atoms with Gasteiger partial charge >= 0.3 is 0 Å². The van der Waals surface area contributed by atoms with Crippen LogP contribution in [0.1, 0.15) is 37.0 Å². The van der Waals surface area contributed by atoms with Crippen LogP contribution in [0.5, 0.6) is 0 Å². The molecular formula is C15H19NO3. The highest BCUT2D eigenvalue weighted by atomic mass is 16.3. The van der Waals surface area contributed by atoms with E-state index in [1.807, 2.05) is 38.1 Å². The lowest BCUT2D eigenvalue weighted by molar-refractivity contribution is -0.151. The van der Waals surface area contributed by atoms with E-state index >= 15 is 0 Å². The Balaban J connectivity index is 2.11. The maximum Gasteiger partial charge on any atom is 0.229 e. The van der Waals surface area contributed by atoms with Crippen molar-refractivity contribution in [1.29, 1.82) is 0 Å². The van der Waals surface area contributed by atoms with Crippen molar-refractivity contribution >= 4 is 11.8 Å². The zero-order chi connectivity index (χ0) is 14.0. The van der Waals surface area contributed by atoms with Crippen molar-refractivity contribution in [2.24, 2.45) is 5.92 Å². The number of aliphatic hydroxyl groups excluding tert-OH is 1. The summed E-state index contributed by atoms with van der Waals surface area (Å²) in [5.74, 6) is -0.264. The molecule has 1 unspecified atom stereocenters. The second kappa shape index (κ2) is 5.53. The van der Waals surface area contributed by atoms with Gasteiger partial charge in [0.15, 0.2) is 0 Å². The first-order valence-electron chi connectivity index (χ1n) is 6.56. The van der Waals surface area contributed by atoms with E-state index in [1.165, 1.54) is 4.90 Å². The summed E-state index contributed by atoms with van der Waals surface area (Å²) in [7, 11) is 0. The van der Waals surface area contributed by atoms with E-state index in [0.717, 1.165) is 11.1 Å². The molecule has 4 nitrogen and oxygen atoms in total. The van der Waals surface area contributed by atoms with Crippen molar-refractivity contribution in [1.82, 2.24) is 4.90 Å². The summed E-state index contributed by atoms with van der Waals surface area (Å²) in [5, 5.41) is 10.2. The van der Waals surface area contributed by atoms with Crippen LogP contribution in [0, 0.1) is 12.8 Å². The van der Waals surface area contributed by atoms with Gasteiger partial charge < -0.3 is 5.11 Å². The summed E-state index contributed by atoms with van der Waals surface area (Å²) >= 11 is 0. The van der Waals surface area contributed by atoms with Gasteiger partial charge in [0.05, 0.1) is 12.6 Å². The first-order valence-corrected chi connectivity index (χ1v) is 6.56. The number of benzene rings is 1. The second-order valence-electron chi connectivity index (χ2n) is 5.28. The van der Waals surface area contributed by atoms with Crippen LogP contribution < -0.4 is 0 Å². The van der Waals surface area contributed by atoms with Crippen molar-refractivity contribution < 1.29 is 14.7 Å². The Morgan fingerprint density at radius 3 is 2.42 bits per heavy atom. The maximum atomic E-state index is 11.9. The molecular weight excluding hydrogens is 242 g/mol. The summed E-state index contributed by atoms with van der Waals surface area (Å²) in [6, 6.07) is 7.46. The van der Waals surface area contributed by atoms with Crippen molar-refractivity contribution in [2.75, 3.05) is 6.54 Å². The zero-order valence-electron chi connectivity index (χ0n) is 11.3. The molecule has 0 spiro atoms. The van der Waals surface area contributed by atoms with Gasteiger partial charge in [-0.2, -0.15) is 0 Å². The largest absolute Gasteiger partial charge is 0.387 e. The van der Waals surface area contributed by atoms with Gasteiger partial charge in [0.25, 0.3) is 0 Å². The minimum Gasteiger partial charge on any atom is -0.387 e. The lowest BCUT2D eigenvalue weighted by Crippen LogP contribution is -2.44. The number of amides is 2. The molecule has 19 heavy (non-hydrogen) atoms. The minimum absolute atomic E-state index is 0.0508. The van der Waals surface area contributed by atoms with E-state index in [9.17, 15) is 14.7 Å². The summed E-state index contributed by atoms with van der Waals surface area (Å²) in [5.41, 5.74) is 1.72. The van der Waals surface area contributed by atoms with Gasteiger partial charge in [-0.3, -0.25) is 14.5 Å². The molecule has 0 radical (unpaired) electrons. The van der Waals surface area contributed by atoms with E-state index in [2.05, 4.69) is 0 Å². The third-order valence-corrected chi connectivity index (χ3v) is 3.55. The Kier molecular flexibility index (Phi) is 4.00. The Morgan fingerprint density at radius 1 is 1.26 bits per heavy atom. The molecule has 102 valence electrons. The zero-order valence-corrected chi connectivity index (χ0v) is 11.3. The van der Waals surface area contributed by atoms with Gasteiger partial charge in [-0.15, -0.1) is 0 Å².